The van der Waals surface area contributed by atoms with Gasteiger partial charge in [0, 0.05) is 5.75 Å². The number of sulfone groups is 1. The number of benzene rings is 1. The lowest BCUT2D eigenvalue weighted by Gasteiger charge is -2.35. The molecule has 0 saturated heterocycles. The molecule has 0 aliphatic heterocycles. The van der Waals surface area contributed by atoms with Crippen molar-refractivity contribution in [2.45, 2.75) is 37.4 Å². The van der Waals surface area contributed by atoms with E-state index in [1.807, 2.05) is 18.2 Å². The molecule has 1 saturated carbocycles. The second kappa shape index (κ2) is 6.06. The third-order valence-corrected chi connectivity index (χ3v) is 6.67. The summed E-state index contributed by atoms with van der Waals surface area (Å²) in [4.78, 5) is 0. The third kappa shape index (κ3) is 3.18. The van der Waals surface area contributed by atoms with Crippen molar-refractivity contribution >= 4 is 9.84 Å². The van der Waals surface area contributed by atoms with Crippen LogP contribution in [0.1, 0.15) is 37.7 Å². The highest BCUT2D eigenvalue weighted by Gasteiger charge is 2.37. The highest BCUT2D eigenvalue weighted by molar-refractivity contribution is 7.92. The molecule has 2 rings (SSSR count). The predicted molar refractivity (Wildman–Crippen MR) is 78.8 cm³/mol. The van der Waals surface area contributed by atoms with Gasteiger partial charge in [0.25, 0.3) is 0 Å². The molecule has 3 unspecified atom stereocenters. The minimum atomic E-state index is -3.00. The monoisotopic (exact) mass is 281 g/mol. The van der Waals surface area contributed by atoms with E-state index in [1.165, 1.54) is 5.56 Å². The quantitative estimate of drug-likeness (QED) is 0.921. The second-order valence-corrected chi connectivity index (χ2v) is 7.91. The SMILES string of the molecule is CCS(=O)(=O)C1CC(c2ccccc2)CCC1CN. The zero-order valence-electron chi connectivity index (χ0n) is 11.5. The van der Waals surface area contributed by atoms with E-state index in [0.717, 1.165) is 19.3 Å². The van der Waals surface area contributed by atoms with E-state index in [1.54, 1.807) is 6.92 Å². The van der Waals surface area contributed by atoms with Gasteiger partial charge in [-0.1, -0.05) is 37.3 Å². The maximum atomic E-state index is 12.2. The van der Waals surface area contributed by atoms with Crippen molar-refractivity contribution in [3.05, 3.63) is 35.9 Å². The summed E-state index contributed by atoms with van der Waals surface area (Å²) in [6, 6.07) is 10.2. The average molecular weight is 281 g/mol. The van der Waals surface area contributed by atoms with Crippen molar-refractivity contribution in [2.75, 3.05) is 12.3 Å². The largest absolute Gasteiger partial charge is 0.330 e. The lowest BCUT2D eigenvalue weighted by atomic mass is 9.78. The van der Waals surface area contributed by atoms with Gasteiger partial charge in [-0.25, -0.2) is 8.42 Å². The summed E-state index contributed by atoms with van der Waals surface area (Å²) in [6.07, 6.45) is 2.68. The first-order chi connectivity index (χ1) is 9.08. The molecule has 1 aromatic carbocycles. The lowest BCUT2D eigenvalue weighted by Crippen LogP contribution is -2.40. The van der Waals surface area contributed by atoms with E-state index in [9.17, 15) is 8.42 Å². The van der Waals surface area contributed by atoms with E-state index in [0.29, 0.717) is 12.5 Å². The Labute approximate surface area is 116 Å². The molecule has 106 valence electrons. The fourth-order valence-corrected chi connectivity index (χ4v) is 4.93. The molecule has 1 fully saturated rings. The summed E-state index contributed by atoms with van der Waals surface area (Å²) in [5.74, 6) is 0.704. The van der Waals surface area contributed by atoms with Gasteiger partial charge in [0.2, 0.25) is 0 Å². The molecule has 3 nitrogen and oxygen atoms in total. The maximum Gasteiger partial charge on any atom is 0.153 e. The number of hydrogen-bond donors (Lipinski definition) is 1. The Morgan fingerprint density at radius 2 is 1.89 bits per heavy atom. The van der Waals surface area contributed by atoms with E-state index < -0.39 is 9.84 Å². The van der Waals surface area contributed by atoms with Crippen LogP contribution >= 0.6 is 0 Å². The molecular weight excluding hydrogens is 258 g/mol. The topological polar surface area (TPSA) is 60.2 Å². The molecule has 1 aromatic rings. The van der Waals surface area contributed by atoms with Gasteiger partial charge in [0.15, 0.2) is 9.84 Å². The first kappa shape index (κ1) is 14.5. The fraction of sp³-hybridized carbons (Fsp3) is 0.600. The van der Waals surface area contributed by atoms with E-state index >= 15 is 0 Å². The highest BCUT2D eigenvalue weighted by Crippen LogP contribution is 2.38. The standard InChI is InChI=1S/C15H23NO2S/c1-2-19(17,18)15-10-13(8-9-14(15)11-16)12-6-4-3-5-7-12/h3-7,13-15H,2,8-11,16H2,1H3. The van der Waals surface area contributed by atoms with Gasteiger partial charge in [-0.3, -0.25) is 0 Å². The molecule has 3 atom stereocenters. The van der Waals surface area contributed by atoms with Crippen LogP contribution in [0, 0.1) is 5.92 Å². The summed E-state index contributed by atoms with van der Waals surface area (Å²) >= 11 is 0. The van der Waals surface area contributed by atoms with Gasteiger partial charge >= 0.3 is 0 Å². The Morgan fingerprint density at radius 3 is 2.47 bits per heavy atom. The number of hydrogen-bond acceptors (Lipinski definition) is 3. The van der Waals surface area contributed by atoms with Crippen LogP contribution in [0.4, 0.5) is 0 Å². The van der Waals surface area contributed by atoms with E-state index in [2.05, 4.69) is 12.1 Å². The minimum Gasteiger partial charge on any atom is -0.330 e. The Bertz CT molecular complexity index is 498. The molecule has 0 aromatic heterocycles. The smallest absolute Gasteiger partial charge is 0.153 e. The summed E-state index contributed by atoms with van der Waals surface area (Å²) < 4.78 is 24.5. The molecule has 0 radical (unpaired) electrons. The van der Waals surface area contributed by atoms with Gasteiger partial charge < -0.3 is 5.73 Å². The van der Waals surface area contributed by atoms with Crippen LogP contribution in [0.5, 0.6) is 0 Å². The summed E-state index contributed by atoms with van der Waals surface area (Å²) in [5.41, 5.74) is 7.02. The fourth-order valence-electron chi connectivity index (χ4n) is 3.14. The van der Waals surface area contributed by atoms with Crippen molar-refractivity contribution in [3.8, 4) is 0 Å². The zero-order valence-corrected chi connectivity index (χ0v) is 12.3. The van der Waals surface area contributed by atoms with Gasteiger partial charge in [0.05, 0.1) is 5.25 Å². The molecular formula is C15H23NO2S. The number of rotatable bonds is 4. The van der Waals surface area contributed by atoms with Gasteiger partial charge in [-0.2, -0.15) is 0 Å². The molecule has 19 heavy (non-hydrogen) atoms. The van der Waals surface area contributed by atoms with Gasteiger partial charge in [0.1, 0.15) is 0 Å². The molecule has 0 bridgehead atoms. The van der Waals surface area contributed by atoms with Crippen LogP contribution in [-0.2, 0) is 9.84 Å². The normalized spacial score (nSPS) is 28.2. The van der Waals surface area contributed by atoms with Crippen molar-refractivity contribution in [3.63, 3.8) is 0 Å². The van der Waals surface area contributed by atoms with Crippen LogP contribution in [0.3, 0.4) is 0 Å². The zero-order chi connectivity index (χ0) is 13.9. The molecule has 0 amide bonds. The van der Waals surface area contributed by atoms with Gasteiger partial charge in [-0.15, -0.1) is 0 Å². The Hall–Kier alpha value is -0.870. The molecule has 1 aliphatic rings. The highest BCUT2D eigenvalue weighted by atomic mass is 32.2. The summed E-state index contributed by atoms with van der Waals surface area (Å²) in [7, 11) is -3.00. The van der Waals surface area contributed by atoms with E-state index in [-0.39, 0.29) is 16.9 Å². The third-order valence-electron chi connectivity index (χ3n) is 4.37. The van der Waals surface area contributed by atoms with Crippen LogP contribution in [0.2, 0.25) is 0 Å². The first-order valence-electron chi connectivity index (χ1n) is 7.05. The summed E-state index contributed by atoms with van der Waals surface area (Å²) in [5, 5.41) is -0.263. The predicted octanol–water partition coefficient (Wildman–Crippen LogP) is 2.33. The lowest BCUT2D eigenvalue weighted by molar-refractivity contribution is 0.332. The molecule has 0 heterocycles. The van der Waals surface area contributed by atoms with Crippen molar-refractivity contribution in [1.82, 2.24) is 0 Å². The molecule has 4 heteroatoms. The minimum absolute atomic E-state index is 0.130. The molecule has 1 aliphatic carbocycles. The van der Waals surface area contributed by atoms with Crippen LogP contribution in [0.25, 0.3) is 0 Å². The van der Waals surface area contributed by atoms with Crippen molar-refractivity contribution in [1.29, 1.82) is 0 Å². The van der Waals surface area contributed by atoms with Gasteiger partial charge in [-0.05, 0) is 43.2 Å². The number of nitrogens with two attached hydrogens (primary N) is 1. The summed E-state index contributed by atoms with van der Waals surface area (Å²) in [6.45, 7) is 2.21. The Morgan fingerprint density at radius 1 is 1.21 bits per heavy atom. The first-order valence-corrected chi connectivity index (χ1v) is 8.76. The molecule has 0 spiro atoms. The Kier molecular flexibility index (Phi) is 4.63. The second-order valence-electron chi connectivity index (χ2n) is 5.41. The Balaban J connectivity index is 2.21. The van der Waals surface area contributed by atoms with Crippen molar-refractivity contribution < 1.29 is 8.42 Å². The maximum absolute atomic E-state index is 12.2. The van der Waals surface area contributed by atoms with Crippen LogP contribution < -0.4 is 5.73 Å². The molecule has 2 N–H and O–H groups in total. The van der Waals surface area contributed by atoms with Crippen LogP contribution in [0.15, 0.2) is 30.3 Å². The van der Waals surface area contributed by atoms with E-state index in [4.69, 9.17) is 5.73 Å². The van der Waals surface area contributed by atoms with Crippen LogP contribution in [-0.4, -0.2) is 26.0 Å². The average Bonchev–Trinajstić information content (AvgIpc) is 2.47. The van der Waals surface area contributed by atoms with Crippen molar-refractivity contribution in [2.24, 2.45) is 11.7 Å².